The lowest BCUT2D eigenvalue weighted by Crippen LogP contribution is -2.55. The van der Waals surface area contributed by atoms with Crippen LogP contribution in [0, 0.1) is 12.8 Å². The summed E-state index contributed by atoms with van der Waals surface area (Å²) in [4.78, 5) is 28.2. The fourth-order valence-corrected chi connectivity index (χ4v) is 5.62. The molecule has 2 aromatic rings. The van der Waals surface area contributed by atoms with Crippen molar-refractivity contribution in [3.05, 3.63) is 70.8 Å². The van der Waals surface area contributed by atoms with Gasteiger partial charge in [0.25, 0.3) is 5.91 Å². The van der Waals surface area contributed by atoms with Crippen molar-refractivity contribution in [1.82, 2.24) is 15.5 Å². The van der Waals surface area contributed by atoms with Crippen LogP contribution in [-0.4, -0.2) is 47.0 Å². The third kappa shape index (κ3) is 6.79. The molecule has 2 aromatic carbocycles. The molecule has 1 aliphatic carbocycles. The zero-order valence-corrected chi connectivity index (χ0v) is 22.8. The van der Waals surface area contributed by atoms with Crippen molar-refractivity contribution < 1.29 is 14.7 Å². The number of aryl methyl sites for hydroxylation is 1. The molecule has 2 aliphatic rings. The highest BCUT2D eigenvalue weighted by Crippen LogP contribution is 2.29. The number of nitrogens with zero attached hydrogens (tertiary/aromatic N) is 1. The second-order valence-corrected chi connectivity index (χ2v) is 11.9. The van der Waals surface area contributed by atoms with Gasteiger partial charge in [-0.05, 0) is 60.8 Å². The predicted molar refractivity (Wildman–Crippen MR) is 147 cm³/mol. The van der Waals surface area contributed by atoms with Crippen LogP contribution in [0.1, 0.15) is 92.6 Å². The SMILES string of the molecule is Cc1ccccc1C(=O)NC1CCCCC1NC(=O)C1CCN(C(O)c2ccc(C(C)(C)C)cc2)CC1. The molecule has 3 unspecified atom stereocenters. The van der Waals surface area contributed by atoms with Gasteiger partial charge in [-0.1, -0.05) is 76.1 Å². The average molecular weight is 506 g/mol. The fourth-order valence-electron chi connectivity index (χ4n) is 5.62. The van der Waals surface area contributed by atoms with E-state index >= 15 is 0 Å². The van der Waals surface area contributed by atoms with Gasteiger partial charge < -0.3 is 15.7 Å². The molecule has 1 saturated carbocycles. The highest BCUT2D eigenvalue weighted by Gasteiger charge is 2.33. The predicted octanol–water partition coefficient (Wildman–Crippen LogP) is 4.85. The number of amides is 2. The summed E-state index contributed by atoms with van der Waals surface area (Å²) in [5.41, 5.74) is 3.86. The highest BCUT2D eigenvalue weighted by molar-refractivity contribution is 5.95. The van der Waals surface area contributed by atoms with Crippen molar-refractivity contribution >= 4 is 11.8 Å². The standard InChI is InChI=1S/C31H43N3O3/c1-21-9-5-6-10-25(21)29(36)33-27-12-8-7-11-26(27)32-28(35)22-17-19-34(20-18-22)30(37)23-13-15-24(16-14-23)31(2,3)4/h5-6,9-10,13-16,22,26-27,30,37H,7-8,11-12,17-20H2,1-4H3,(H,32,35)(H,33,36). The van der Waals surface area contributed by atoms with E-state index in [2.05, 4.69) is 48.4 Å². The minimum atomic E-state index is -0.655. The number of likely N-dealkylation sites (tertiary alicyclic amines) is 1. The first-order chi connectivity index (χ1) is 17.6. The third-order valence-electron chi connectivity index (χ3n) is 8.12. The molecule has 1 aliphatic heterocycles. The number of aliphatic hydroxyl groups is 1. The van der Waals surface area contributed by atoms with E-state index in [4.69, 9.17) is 0 Å². The molecule has 200 valence electrons. The third-order valence-corrected chi connectivity index (χ3v) is 8.12. The minimum Gasteiger partial charge on any atom is -0.374 e. The summed E-state index contributed by atoms with van der Waals surface area (Å²) in [7, 11) is 0. The van der Waals surface area contributed by atoms with Gasteiger partial charge in [0.2, 0.25) is 5.91 Å². The lowest BCUT2D eigenvalue weighted by Gasteiger charge is -2.37. The van der Waals surface area contributed by atoms with E-state index in [1.54, 1.807) is 0 Å². The van der Waals surface area contributed by atoms with Gasteiger partial charge in [-0.25, -0.2) is 0 Å². The Kier molecular flexibility index (Phi) is 8.71. The molecule has 0 aromatic heterocycles. The molecule has 37 heavy (non-hydrogen) atoms. The molecular weight excluding hydrogens is 462 g/mol. The lowest BCUT2D eigenvalue weighted by molar-refractivity contribution is -0.128. The van der Waals surface area contributed by atoms with Gasteiger partial charge in [0.05, 0.1) is 0 Å². The number of carbonyl (C=O) groups excluding carboxylic acids is 2. The van der Waals surface area contributed by atoms with Crippen molar-refractivity contribution in [2.75, 3.05) is 13.1 Å². The van der Waals surface area contributed by atoms with Gasteiger partial charge in [0.15, 0.2) is 0 Å². The van der Waals surface area contributed by atoms with Crippen LogP contribution in [0.5, 0.6) is 0 Å². The molecule has 0 bridgehead atoms. The number of hydrogen-bond donors (Lipinski definition) is 3. The molecular formula is C31H43N3O3. The van der Waals surface area contributed by atoms with Crippen LogP contribution in [0.3, 0.4) is 0 Å². The molecule has 6 nitrogen and oxygen atoms in total. The molecule has 2 amide bonds. The van der Waals surface area contributed by atoms with Gasteiger partial charge in [-0.15, -0.1) is 0 Å². The molecule has 1 heterocycles. The summed E-state index contributed by atoms with van der Waals surface area (Å²) in [5, 5.41) is 17.4. The Morgan fingerprint density at radius 2 is 1.49 bits per heavy atom. The normalized spacial score (nSPS) is 22.3. The van der Waals surface area contributed by atoms with Crippen molar-refractivity contribution in [2.45, 2.75) is 89.9 Å². The van der Waals surface area contributed by atoms with Gasteiger partial charge >= 0.3 is 0 Å². The molecule has 3 atom stereocenters. The number of aliphatic hydroxyl groups excluding tert-OH is 1. The average Bonchev–Trinajstić information content (AvgIpc) is 2.89. The van der Waals surface area contributed by atoms with Crippen molar-refractivity contribution in [3.8, 4) is 0 Å². The Bertz CT molecular complexity index is 1070. The first-order valence-corrected chi connectivity index (χ1v) is 13.8. The maximum absolute atomic E-state index is 13.2. The summed E-state index contributed by atoms with van der Waals surface area (Å²) >= 11 is 0. The van der Waals surface area contributed by atoms with Crippen molar-refractivity contribution in [1.29, 1.82) is 0 Å². The maximum atomic E-state index is 13.2. The molecule has 4 rings (SSSR count). The number of hydrogen-bond acceptors (Lipinski definition) is 4. The van der Waals surface area contributed by atoms with Crippen LogP contribution in [0.25, 0.3) is 0 Å². The van der Waals surface area contributed by atoms with E-state index in [1.807, 2.05) is 43.3 Å². The second-order valence-electron chi connectivity index (χ2n) is 11.9. The summed E-state index contributed by atoms with van der Waals surface area (Å²) in [5.74, 6) is -0.0610. The van der Waals surface area contributed by atoms with Gasteiger partial charge in [-0.3, -0.25) is 14.5 Å². The van der Waals surface area contributed by atoms with Crippen molar-refractivity contribution in [2.24, 2.45) is 5.92 Å². The van der Waals surface area contributed by atoms with Gasteiger partial charge in [-0.2, -0.15) is 0 Å². The van der Waals surface area contributed by atoms with E-state index in [1.165, 1.54) is 5.56 Å². The maximum Gasteiger partial charge on any atom is 0.251 e. The van der Waals surface area contributed by atoms with E-state index < -0.39 is 6.23 Å². The fraction of sp³-hybridized carbons (Fsp3) is 0.548. The van der Waals surface area contributed by atoms with Crippen LogP contribution in [0.15, 0.2) is 48.5 Å². The monoisotopic (exact) mass is 505 g/mol. The molecule has 3 N–H and O–H groups in total. The number of benzene rings is 2. The second kappa shape index (κ2) is 11.8. The van der Waals surface area contributed by atoms with Crippen LogP contribution in [0.4, 0.5) is 0 Å². The minimum absolute atomic E-state index is 0.0424. The van der Waals surface area contributed by atoms with Gasteiger partial charge in [0.1, 0.15) is 6.23 Å². The molecule has 6 heteroatoms. The summed E-state index contributed by atoms with van der Waals surface area (Å²) in [6, 6.07) is 15.7. The quantitative estimate of drug-likeness (QED) is 0.524. The van der Waals surface area contributed by atoms with Crippen LogP contribution >= 0.6 is 0 Å². The van der Waals surface area contributed by atoms with E-state index in [9.17, 15) is 14.7 Å². The summed E-state index contributed by atoms with van der Waals surface area (Å²) in [6.45, 7) is 9.85. The van der Waals surface area contributed by atoms with Gasteiger partial charge in [0, 0.05) is 36.7 Å². The largest absolute Gasteiger partial charge is 0.374 e. The Morgan fingerprint density at radius 1 is 0.892 bits per heavy atom. The van der Waals surface area contributed by atoms with E-state index in [-0.39, 0.29) is 35.2 Å². The Labute approximate surface area is 221 Å². The highest BCUT2D eigenvalue weighted by atomic mass is 16.3. The Balaban J connectivity index is 1.30. The molecule has 0 spiro atoms. The number of rotatable bonds is 6. The van der Waals surface area contributed by atoms with Crippen LogP contribution in [-0.2, 0) is 10.2 Å². The Hall–Kier alpha value is -2.70. The van der Waals surface area contributed by atoms with Crippen molar-refractivity contribution in [3.63, 3.8) is 0 Å². The van der Waals surface area contributed by atoms with Crippen LogP contribution < -0.4 is 10.6 Å². The lowest BCUT2D eigenvalue weighted by atomic mass is 9.86. The number of piperidine rings is 1. The van der Waals surface area contributed by atoms with E-state index in [0.29, 0.717) is 18.7 Å². The Morgan fingerprint density at radius 3 is 2.08 bits per heavy atom. The summed E-state index contributed by atoms with van der Waals surface area (Å²) < 4.78 is 0. The molecule has 2 fully saturated rings. The number of carbonyl (C=O) groups is 2. The smallest absolute Gasteiger partial charge is 0.251 e. The zero-order chi connectivity index (χ0) is 26.6. The first kappa shape index (κ1) is 27.3. The summed E-state index contributed by atoms with van der Waals surface area (Å²) in [6.07, 6.45) is 4.65. The number of nitrogens with one attached hydrogen (secondary N) is 2. The molecule has 0 radical (unpaired) electrons. The zero-order valence-electron chi connectivity index (χ0n) is 22.8. The first-order valence-electron chi connectivity index (χ1n) is 13.8. The topological polar surface area (TPSA) is 81.7 Å². The molecule has 1 saturated heterocycles. The van der Waals surface area contributed by atoms with E-state index in [0.717, 1.165) is 49.7 Å². The van der Waals surface area contributed by atoms with Crippen LogP contribution in [0.2, 0.25) is 0 Å².